The second kappa shape index (κ2) is 6.26. The quantitative estimate of drug-likeness (QED) is 0.938. The molecule has 0 saturated carbocycles. The summed E-state index contributed by atoms with van der Waals surface area (Å²) < 4.78 is 5.12. The molecule has 0 spiro atoms. The Morgan fingerprint density at radius 1 is 1.29 bits per heavy atom. The second-order valence-electron chi connectivity index (χ2n) is 4.68. The third kappa shape index (κ3) is 3.13. The van der Waals surface area contributed by atoms with E-state index >= 15 is 0 Å². The number of methoxy groups -OCH3 is 1. The van der Waals surface area contributed by atoms with Crippen molar-refractivity contribution in [3.63, 3.8) is 0 Å². The Morgan fingerprint density at radius 3 is 2.52 bits per heavy atom. The smallest absolute Gasteiger partial charge is 0.261 e. The lowest BCUT2D eigenvalue weighted by molar-refractivity contribution is 0.0993. The van der Waals surface area contributed by atoms with E-state index in [1.54, 1.807) is 32.3 Å². The highest BCUT2D eigenvalue weighted by Crippen LogP contribution is 2.22. The summed E-state index contributed by atoms with van der Waals surface area (Å²) in [6.45, 7) is 1.89. The molecule has 0 unspecified atom stereocenters. The maximum atomic E-state index is 12.6. The number of pyridine rings is 1. The SMILES string of the molecule is CNc1cc(C)ncc1C(=O)N(C)c1ccc(OC)cc1. The van der Waals surface area contributed by atoms with Crippen LogP contribution in [0.15, 0.2) is 36.5 Å². The summed E-state index contributed by atoms with van der Waals surface area (Å²) in [5.41, 5.74) is 2.97. The average molecular weight is 285 g/mol. The Bertz CT molecular complexity index is 638. The van der Waals surface area contributed by atoms with Gasteiger partial charge in [-0.15, -0.1) is 0 Å². The van der Waals surface area contributed by atoms with Crippen molar-refractivity contribution in [2.24, 2.45) is 0 Å². The summed E-state index contributed by atoms with van der Waals surface area (Å²) in [6.07, 6.45) is 1.60. The molecule has 1 heterocycles. The van der Waals surface area contributed by atoms with Crippen LogP contribution in [0.3, 0.4) is 0 Å². The number of aromatic nitrogens is 1. The summed E-state index contributed by atoms with van der Waals surface area (Å²) in [6, 6.07) is 9.20. The lowest BCUT2D eigenvalue weighted by atomic mass is 10.1. The van der Waals surface area contributed by atoms with Gasteiger partial charge in [0, 0.05) is 31.7 Å². The summed E-state index contributed by atoms with van der Waals surface area (Å²) >= 11 is 0. The second-order valence-corrected chi connectivity index (χ2v) is 4.68. The van der Waals surface area contributed by atoms with Gasteiger partial charge in [0.15, 0.2) is 0 Å². The van der Waals surface area contributed by atoms with Crippen LogP contribution < -0.4 is 15.0 Å². The highest BCUT2D eigenvalue weighted by Gasteiger charge is 2.17. The van der Waals surface area contributed by atoms with Gasteiger partial charge in [0.05, 0.1) is 18.4 Å². The summed E-state index contributed by atoms with van der Waals surface area (Å²) in [4.78, 5) is 18.4. The van der Waals surface area contributed by atoms with E-state index in [0.717, 1.165) is 22.8 Å². The van der Waals surface area contributed by atoms with Gasteiger partial charge >= 0.3 is 0 Å². The van der Waals surface area contributed by atoms with Crippen LogP contribution in [0, 0.1) is 6.92 Å². The van der Waals surface area contributed by atoms with Crippen LogP contribution in [0.1, 0.15) is 16.1 Å². The highest BCUT2D eigenvalue weighted by atomic mass is 16.5. The zero-order valence-corrected chi connectivity index (χ0v) is 12.7. The van der Waals surface area contributed by atoms with Crippen LogP contribution in [-0.2, 0) is 0 Å². The van der Waals surface area contributed by atoms with E-state index in [2.05, 4.69) is 10.3 Å². The van der Waals surface area contributed by atoms with E-state index in [4.69, 9.17) is 4.74 Å². The molecule has 21 heavy (non-hydrogen) atoms. The van der Waals surface area contributed by atoms with Gasteiger partial charge in [-0.05, 0) is 37.3 Å². The van der Waals surface area contributed by atoms with Crippen molar-refractivity contribution >= 4 is 17.3 Å². The lowest BCUT2D eigenvalue weighted by Gasteiger charge is -2.19. The number of rotatable bonds is 4. The molecule has 2 aromatic rings. The number of benzene rings is 1. The molecule has 0 aliphatic rings. The number of nitrogens with zero attached hydrogens (tertiary/aromatic N) is 2. The van der Waals surface area contributed by atoms with Crippen molar-refractivity contribution in [3.05, 3.63) is 47.8 Å². The van der Waals surface area contributed by atoms with Crippen molar-refractivity contribution < 1.29 is 9.53 Å². The molecule has 0 saturated heterocycles. The Kier molecular flexibility index (Phi) is 4.42. The molecule has 110 valence electrons. The number of aryl methyl sites for hydroxylation is 1. The summed E-state index contributed by atoms with van der Waals surface area (Å²) in [7, 11) is 5.14. The summed E-state index contributed by atoms with van der Waals surface area (Å²) in [5, 5.41) is 3.03. The first-order chi connectivity index (χ1) is 10.1. The first kappa shape index (κ1) is 14.8. The van der Waals surface area contributed by atoms with Crippen LogP contribution in [0.5, 0.6) is 5.75 Å². The first-order valence-corrected chi connectivity index (χ1v) is 6.63. The minimum Gasteiger partial charge on any atom is -0.497 e. The van der Waals surface area contributed by atoms with Crippen LogP contribution in [0.4, 0.5) is 11.4 Å². The van der Waals surface area contributed by atoms with Gasteiger partial charge in [-0.2, -0.15) is 0 Å². The Hall–Kier alpha value is -2.56. The fraction of sp³-hybridized carbons (Fsp3) is 0.250. The molecule has 1 aromatic heterocycles. The van der Waals surface area contributed by atoms with Crippen molar-refractivity contribution in [3.8, 4) is 5.75 Å². The zero-order chi connectivity index (χ0) is 15.4. The predicted molar refractivity (Wildman–Crippen MR) is 84.2 cm³/mol. The number of nitrogens with one attached hydrogen (secondary N) is 1. The molecule has 0 aliphatic carbocycles. The van der Waals surface area contributed by atoms with Gasteiger partial charge in [-0.3, -0.25) is 9.78 Å². The zero-order valence-electron chi connectivity index (χ0n) is 12.7. The fourth-order valence-corrected chi connectivity index (χ4v) is 2.04. The predicted octanol–water partition coefficient (Wildman–Crippen LogP) is 2.72. The monoisotopic (exact) mass is 285 g/mol. The van der Waals surface area contributed by atoms with Crippen molar-refractivity contribution in [1.29, 1.82) is 0 Å². The molecule has 2 rings (SSSR count). The third-order valence-corrected chi connectivity index (χ3v) is 3.30. The Balaban J connectivity index is 2.30. The molecule has 0 aliphatic heterocycles. The van der Waals surface area contributed by atoms with Crippen molar-refractivity contribution in [1.82, 2.24) is 4.98 Å². The van der Waals surface area contributed by atoms with E-state index < -0.39 is 0 Å². The van der Waals surface area contributed by atoms with Crippen molar-refractivity contribution in [2.75, 3.05) is 31.4 Å². The third-order valence-electron chi connectivity index (χ3n) is 3.30. The molecule has 0 atom stereocenters. The lowest BCUT2D eigenvalue weighted by Crippen LogP contribution is -2.27. The van der Waals surface area contributed by atoms with E-state index in [0.29, 0.717) is 5.56 Å². The van der Waals surface area contributed by atoms with Gasteiger partial charge in [-0.1, -0.05) is 0 Å². The summed E-state index contributed by atoms with van der Waals surface area (Å²) in [5.74, 6) is 0.643. The van der Waals surface area contributed by atoms with Gasteiger partial charge in [0.1, 0.15) is 5.75 Å². The number of carbonyl (C=O) groups is 1. The fourth-order valence-electron chi connectivity index (χ4n) is 2.04. The number of ether oxygens (including phenoxy) is 1. The topological polar surface area (TPSA) is 54.5 Å². The van der Waals surface area contributed by atoms with Crippen molar-refractivity contribution in [2.45, 2.75) is 6.92 Å². The molecule has 0 bridgehead atoms. The molecular formula is C16H19N3O2. The number of hydrogen-bond donors (Lipinski definition) is 1. The number of amides is 1. The van der Waals surface area contributed by atoms with E-state index in [1.807, 2.05) is 37.3 Å². The van der Waals surface area contributed by atoms with Gasteiger partial charge in [0.25, 0.3) is 5.91 Å². The van der Waals surface area contributed by atoms with E-state index in [9.17, 15) is 4.79 Å². The first-order valence-electron chi connectivity index (χ1n) is 6.63. The van der Waals surface area contributed by atoms with Gasteiger partial charge in [-0.25, -0.2) is 0 Å². The number of anilines is 2. The maximum Gasteiger partial charge on any atom is 0.261 e. The minimum absolute atomic E-state index is 0.114. The molecule has 0 fully saturated rings. The molecule has 5 nitrogen and oxygen atoms in total. The Morgan fingerprint density at radius 2 is 1.95 bits per heavy atom. The van der Waals surface area contributed by atoms with Gasteiger partial charge < -0.3 is 15.0 Å². The highest BCUT2D eigenvalue weighted by molar-refractivity contribution is 6.09. The van der Waals surface area contributed by atoms with Crippen LogP contribution in [0.25, 0.3) is 0 Å². The van der Waals surface area contributed by atoms with Crippen LogP contribution in [-0.4, -0.2) is 32.1 Å². The Labute approximate surface area is 124 Å². The molecule has 5 heteroatoms. The van der Waals surface area contributed by atoms with E-state index in [1.165, 1.54) is 0 Å². The van der Waals surface area contributed by atoms with Crippen LogP contribution in [0.2, 0.25) is 0 Å². The molecule has 1 aromatic carbocycles. The standard InChI is InChI=1S/C16H19N3O2/c1-11-9-15(17-2)14(10-18-11)16(20)19(3)12-5-7-13(21-4)8-6-12/h5-10H,1-4H3,(H,17,18). The number of hydrogen-bond acceptors (Lipinski definition) is 4. The maximum absolute atomic E-state index is 12.6. The molecule has 0 radical (unpaired) electrons. The average Bonchev–Trinajstić information content (AvgIpc) is 2.53. The van der Waals surface area contributed by atoms with Gasteiger partial charge in [0.2, 0.25) is 0 Å². The normalized spacial score (nSPS) is 10.1. The number of carbonyl (C=O) groups excluding carboxylic acids is 1. The molecular weight excluding hydrogens is 266 g/mol. The largest absolute Gasteiger partial charge is 0.497 e. The molecule has 1 amide bonds. The molecule has 1 N–H and O–H groups in total. The van der Waals surface area contributed by atoms with Crippen LogP contribution >= 0.6 is 0 Å². The van der Waals surface area contributed by atoms with E-state index in [-0.39, 0.29) is 5.91 Å². The minimum atomic E-state index is -0.114.